The first-order valence-corrected chi connectivity index (χ1v) is 6.57. The Hall–Kier alpha value is -1.35. The average molecular weight is 247 g/mol. The molecule has 0 aromatic heterocycles. The Balaban J connectivity index is 2.04. The first-order chi connectivity index (χ1) is 8.58. The Kier molecular flexibility index (Phi) is 4.02. The molecular formula is C15H21NO2. The van der Waals surface area contributed by atoms with Crippen molar-refractivity contribution in [2.45, 2.75) is 45.8 Å². The average Bonchev–Trinajstić information content (AvgIpc) is 2.85. The van der Waals surface area contributed by atoms with Gasteiger partial charge in [-0.2, -0.15) is 0 Å². The van der Waals surface area contributed by atoms with E-state index in [1.807, 2.05) is 6.92 Å². The van der Waals surface area contributed by atoms with E-state index in [0.29, 0.717) is 6.61 Å². The molecule has 2 atom stereocenters. The molecule has 1 heterocycles. The van der Waals surface area contributed by atoms with Crippen LogP contribution in [0.1, 0.15) is 42.5 Å². The molecule has 0 spiro atoms. The lowest BCUT2D eigenvalue weighted by molar-refractivity contribution is -0.130. The molecular weight excluding hydrogens is 226 g/mol. The van der Waals surface area contributed by atoms with Gasteiger partial charge in [0.1, 0.15) is 6.10 Å². The number of hydrogen-bond donors (Lipinski definition) is 1. The number of rotatable bonds is 3. The third-order valence-electron chi connectivity index (χ3n) is 3.48. The molecule has 1 aliphatic heterocycles. The number of amides is 1. The second kappa shape index (κ2) is 5.53. The Morgan fingerprint density at radius 2 is 2.22 bits per heavy atom. The number of carbonyl (C=O) groups excluding carboxylic acids is 1. The van der Waals surface area contributed by atoms with Crippen molar-refractivity contribution in [2.75, 3.05) is 6.61 Å². The van der Waals surface area contributed by atoms with Gasteiger partial charge in [-0.15, -0.1) is 0 Å². The lowest BCUT2D eigenvalue weighted by Gasteiger charge is -2.19. The van der Waals surface area contributed by atoms with Crippen molar-refractivity contribution in [3.8, 4) is 0 Å². The Labute approximate surface area is 109 Å². The molecule has 1 aromatic rings. The highest BCUT2D eigenvalue weighted by molar-refractivity contribution is 5.81. The lowest BCUT2D eigenvalue weighted by atomic mass is 10.00. The fourth-order valence-electron chi connectivity index (χ4n) is 2.39. The molecule has 3 heteroatoms. The molecule has 3 nitrogen and oxygen atoms in total. The maximum Gasteiger partial charge on any atom is 0.249 e. The first-order valence-electron chi connectivity index (χ1n) is 6.57. The summed E-state index contributed by atoms with van der Waals surface area (Å²) >= 11 is 0. The van der Waals surface area contributed by atoms with E-state index in [9.17, 15) is 4.79 Å². The SMILES string of the molecule is Cc1ccc(C)c([C@H](C)NC(=O)[C@H]2CCCO2)c1. The third kappa shape index (κ3) is 2.91. The number of ether oxygens (including phenoxy) is 1. The van der Waals surface area contributed by atoms with Crippen molar-refractivity contribution in [1.82, 2.24) is 5.32 Å². The number of carbonyl (C=O) groups is 1. The highest BCUT2D eigenvalue weighted by Crippen LogP contribution is 2.20. The van der Waals surface area contributed by atoms with E-state index in [1.54, 1.807) is 0 Å². The topological polar surface area (TPSA) is 38.3 Å². The van der Waals surface area contributed by atoms with Gasteiger partial charge in [-0.25, -0.2) is 0 Å². The molecule has 1 amide bonds. The maximum absolute atomic E-state index is 12.0. The summed E-state index contributed by atoms with van der Waals surface area (Å²) < 4.78 is 5.39. The van der Waals surface area contributed by atoms with Crippen LogP contribution >= 0.6 is 0 Å². The van der Waals surface area contributed by atoms with Gasteiger partial charge in [-0.1, -0.05) is 23.8 Å². The van der Waals surface area contributed by atoms with Crippen LogP contribution in [0, 0.1) is 13.8 Å². The van der Waals surface area contributed by atoms with Gasteiger partial charge in [-0.05, 0) is 44.7 Å². The second-order valence-corrected chi connectivity index (χ2v) is 5.09. The molecule has 2 rings (SSSR count). The van der Waals surface area contributed by atoms with E-state index >= 15 is 0 Å². The van der Waals surface area contributed by atoms with E-state index in [2.05, 4.69) is 37.4 Å². The predicted molar refractivity (Wildman–Crippen MR) is 71.4 cm³/mol. The zero-order chi connectivity index (χ0) is 13.1. The van der Waals surface area contributed by atoms with Crippen molar-refractivity contribution in [1.29, 1.82) is 0 Å². The van der Waals surface area contributed by atoms with E-state index < -0.39 is 0 Å². The summed E-state index contributed by atoms with van der Waals surface area (Å²) in [6, 6.07) is 6.35. The number of hydrogen-bond acceptors (Lipinski definition) is 2. The molecule has 98 valence electrons. The number of aryl methyl sites for hydroxylation is 2. The van der Waals surface area contributed by atoms with Gasteiger partial charge in [0.2, 0.25) is 5.91 Å². The quantitative estimate of drug-likeness (QED) is 0.891. The highest BCUT2D eigenvalue weighted by atomic mass is 16.5. The third-order valence-corrected chi connectivity index (χ3v) is 3.48. The molecule has 1 saturated heterocycles. The molecule has 18 heavy (non-hydrogen) atoms. The molecule has 1 N–H and O–H groups in total. The minimum Gasteiger partial charge on any atom is -0.368 e. The minimum atomic E-state index is -0.252. The monoisotopic (exact) mass is 247 g/mol. The van der Waals surface area contributed by atoms with Crippen LogP contribution < -0.4 is 5.32 Å². The second-order valence-electron chi connectivity index (χ2n) is 5.09. The maximum atomic E-state index is 12.0. The van der Waals surface area contributed by atoms with Crippen LogP contribution in [0.4, 0.5) is 0 Å². The summed E-state index contributed by atoms with van der Waals surface area (Å²) in [7, 11) is 0. The normalized spacial score (nSPS) is 20.7. The van der Waals surface area contributed by atoms with E-state index in [0.717, 1.165) is 12.8 Å². The summed E-state index contributed by atoms with van der Waals surface area (Å²) in [5, 5.41) is 3.04. The number of benzene rings is 1. The molecule has 0 aliphatic carbocycles. The fourth-order valence-corrected chi connectivity index (χ4v) is 2.39. The number of nitrogens with one attached hydrogen (secondary N) is 1. The van der Waals surface area contributed by atoms with Gasteiger partial charge in [-0.3, -0.25) is 4.79 Å². The zero-order valence-corrected chi connectivity index (χ0v) is 11.3. The van der Waals surface area contributed by atoms with Crippen molar-refractivity contribution in [3.05, 3.63) is 34.9 Å². The van der Waals surface area contributed by atoms with Crippen molar-refractivity contribution >= 4 is 5.91 Å². The Morgan fingerprint density at radius 3 is 2.89 bits per heavy atom. The predicted octanol–water partition coefficient (Wildman–Crippen LogP) is 2.66. The van der Waals surface area contributed by atoms with Gasteiger partial charge in [0.25, 0.3) is 0 Å². The van der Waals surface area contributed by atoms with Crippen molar-refractivity contribution in [2.24, 2.45) is 0 Å². The smallest absolute Gasteiger partial charge is 0.249 e. The molecule has 1 aromatic carbocycles. The summed E-state index contributed by atoms with van der Waals surface area (Å²) in [5.41, 5.74) is 3.61. The van der Waals surface area contributed by atoms with Crippen molar-refractivity contribution in [3.63, 3.8) is 0 Å². The fraction of sp³-hybridized carbons (Fsp3) is 0.533. The molecule has 1 aliphatic rings. The lowest BCUT2D eigenvalue weighted by Crippen LogP contribution is -2.36. The van der Waals surface area contributed by atoms with Crippen LogP contribution in [-0.4, -0.2) is 18.6 Å². The Morgan fingerprint density at radius 1 is 1.44 bits per heavy atom. The summed E-state index contributed by atoms with van der Waals surface area (Å²) in [6.45, 7) is 6.87. The summed E-state index contributed by atoms with van der Waals surface area (Å²) in [6.07, 6.45) is 1.57. The molecule has 1 fully saturated rings. The van der Waals surface area contributed by atoms with Gasteiger partial charge in [0.05, 0.1) is 6.04 Å². The van der Waals surface area contributed by atoms with Crippen molar-refractivity contribution < 1.29 is 9.53 Å². The van der Waals surface area contributed by atoms with Crippen LogP contribution in [0.25, 0.3) is 0 Å². The van der Waals surface area contributed by atoms with E-state index in [4.69, 9.17) is 4.74 Å². The minimum absolute atomic E-state index is 0.0147. The van der Waals surface area contributed by atoms with Gasteiger partial charge in [0.15, 0.2) is 0 Å². The van der Waals surface area contributed by atoms with Crippen LogP contribution in [0.3, 0.4) is 0 Å². The van der Waals surface area contributed by atoms with Crippen LogP contribution in [-0.2, 0) is 9.53 Å². The summed E-state index contributed by atoms with van der Waals surface area (Å²) in [4.78, 5) is 12.0. The first kappa shape index (κ1) is 13.1. The van der Waals surface area contributed by atoms with Gasteiger partial charge in [0, 0.05) is 6.61 Å². The molecule has 0 bridgehead atoms. The molecule has 0 radical (unpaired) electrons. The van der Waals surface area contributed by atoms with E-state index in [1.165, 1.54) is 16.7 Å². The van der Waals surface area contributed by atoms with E-state index in [-0.39, 0.29) is 18.1 Å². The van der Waals surface area contributed by atoms with Crippen LogP contribution in [0.5, 0.6) is 0 Å². The Bertz CT molecular complexity index is 436. The summed E-state index contributed by atoms with van der Waals surface area (Å²) in [5.74, 6) is 0.0147. The van der Waals surface area contributed by atoms with Crippen LogP contribution in [0.2, 0.25) is 0 Å². The highest BCUT2D eigenvalue weighted by Gasteiger charge is 2.25. The standard InChI is InChI=1S/C15H21NO2/c1-10-6-7-11(2)13(9-10)12(3)16-15(17)14-5-4-8-18-14/h6-7,9,12,14H,4-5,8H2,1-3H3,(H,16,17)/t12-,14+/m0/s1. The largest absolute Gasteiger partial charge is 0.368 e. The zero-order valence-electron chi connectivity index (χ0n) is 11.3. The van der Waals surface area contributed by atoms with Crippen LogP contribution in [0.15, 0.2) is 18.2 Å². The molecule has 0 saturated carbocycles. The van der Waals surface area contributed by atoms with Gasteiger partial charge >= 0.3 is 0 Å². The molecule has 0 unspecified atom stereocenters. The van der Waals surface area contributed by atoms with Gasteiger partial charge < -0.3 is 10.1 Å².